The van der Waals surface area contributed by atoms with E-state index in [0.717, 1.165) is 6.07 Å². The lowest BCUT2D eigenvalue weighted by molar-refractivity contribution is 0.0696. The Morgan fingerprint density at radius 2 is 1.65 bits per heavy atom. The molecule has 0 aromatic heterocycles. The molecule has 2 aromatic rings. The number of rotatable bonds is 2. The van der Waals surface area contributed by atoms with Gasteiger partial charge < -0.3 is 5.11 Å². The van der Waals surface area contributed by atoms with Crippen molar-refractivity contribution in [2.24, 2.45) is 0 Å². The van der Waals surface area contributed by atoms with Crippen LogP contribution < -0.4 is 0 Å². The van der Waals surface area contributed by atoms with Crippen molar-refractivity contribution >= 4 is 5.97 Å². The molecule has 0 saturated carbocycles. The second-order valence-electron chi connectivity index (χ2n) is 3.51. The zero-order valence-electron chi connectivity index (χ0n) is 8.65. The average molecular weight is 234 g/mol. The summed E-state index contributed by atoms with van der Waals surface area (Å²) in [5.74, 6) is -2.23. The van der Waals surface area contributed by atoms with Crippen molar-refractivity contribution in [1.29, 1.82) is 0 Å². The fourth-order valence-corrected chi connectivity index (χ4v) is 1.51. The molecular formula is C13H8F2O2. The van der Waals surface area contributed by atoms with E-state index >= 15 is 0 Å². The molecule has 0 radical (unpaired) electrons. The Labute approximate surface area is 96.1 Å². The lowest BCUT2D eigenvalue weighted by Gasteiger charge is -2.04. The van der Waals surface area contributed by atoms with Crippen LogP contribution in [0.15, 0.2) is 42.5 Å². The molecule has 0 fully saturated rings. The number of halogens is 2. The molecule has 0 amide bonds. The summed E-state index contributed by atoms with van der Waals surface area (Å²) in [5.41, 5.74) is 0.629. The molecule has 0 aliphatic heterocycles. The third kappa shape index (κ3) is 2.30. The molecule has 0 aliphatic rings. The summed E-state index contributed by atoms with van der Waals surface area (Å²) < 4.78 is 26.3. The number of carboxylic acid groups (broad SMARTS) is 1. The van der Waals surface area contributed by atoms with Gasteiger partial charge in [-0.1, -0.05) is 18.2 Å². The van der Waals surface area contributed by atoms with Gasteiger partial charge in [0.2, 0.25) is 0 Å². The molecule has 86 valence electrons. The number of carboxylic acids is 1. The molecule has 0 atom stereocenters. The van der Waals surface area contributed by atoms with Crippen LogP contribution in [0.2, 0.25) is 0 Å². The minimum absolute atomic E-state index is 0.117. The molecule has 2 nitrogen and oxygen atoms in total. The van der Waals surface area contributed by atoms with Crippen LogP contribution in [0, 0.1) is 11.6 Å². The van der Waals surface area contributed by atoms with Crippen LogP contribution in [0.25, 0.3) is 11.1 Å². The second kappa shape index (κ2) is 4.33. The van der Waals surface area contributed by atoms with Crippen molar-refractivity contribution in [2.45, 2.75) is 0 Å². The van der Waals surface area contributed by atoms with E-state index in [1.165, 1.54) is 36.4 Å². The van der Waals surface area contributed by atoms with Gasteiger partial charge in [-0.2, -0.15) is 0 Å². The third-order valence-corrected chi connectivity index (χ3v) is 2.37. The van der Waals surface area contributed by atoms with Gasteiger partial charge >= 0.3 is 5.97 Å². The number of aromatic carboxylic acids is 1. The molecule has 0 bridgehead atoms. The Balaban J connectivity index is 2.46. The topological polar surface area (TPSA) is 37.3 Å². The summed E-state index contributed by atoms with van der Waals surface area (Å²) in [6, 6.07) is 8.94. The van der Waals surface area contributed by atoms with Crippen LogP contribution in [0.5, 0.6) is 0 Å². The van der Waals surface area contributed by atoms with E-state index in [0.29, 0.717) is 5.56 Å². The summed E-state index contributed by atoms with van der Waals surface area (Å²) in [4.78, 5) is 10.6. The van der Waals surface area contributed by atoms with E-state index in [1.54, 1.807) is 0 Å². The molecule has 2 aromatic carbocycles. The van der Waals surface area contributed by atoms with Crippen molar-refractivity contribution < 1.29 is 18.7 Å². The number of hydrogen-bond acceptors (Lipinski definition) is 1. The number of hydrogen-bond donors (Lipinski definition) is 1. The molecule has 0 unspecified atom stereocenters. The van der Waals surface area contributed by atoms with Crippen LogP contribution in [0.3, 0.4) is 0 Å². The first kappa shape index (κ1) is 11.3. The van der Waals surface area contributed by atoms with E-state index in [2.05, 4.69) is 0 Å². The highest BCUT2D eigenvalue weighted by Gasteiger charge is 2.09. The lowest BCUT2D eigenvalue weighted by Crippen LogP contribution is -1.97. The Morgan fingerprint density at radius 1 is 1.00 bits per heavy atom. The van der Waals surface area contributed by atoms with E-state index in [9.17, 15) is 13.6 Å². The molecule has 17 heavy (non-hydrogen) atoms. The van der Waals surface area contributed by atoms with Crippen LogP contribution in [0.4, 0.5) is 8.78 Å². The van der Waals surface area contributed by atoms with Gasteiger partial charge in [0.05, 0.1) is 5.56 Å². The van der Waals surface area contributed by atoms with Gasteiger partial charge in [0.25, 0.3) is 0 Å². The first-order valence-electron chi connectivity index (χ1n) is 4.87. The fourth-order valence-electron chi connectivity index (χ4n) is 1.51. The smallest absolute Gasteiger partial charge is 0.335 e. The maximum atomic E-state index is 13.6. The minimum atomic E-state index is -1.19. The van der Waals surface area contributed by atoms with Crippen molar-refractivity contribution in [1.82, 2.24) is 0 Å². The third-order valence-electron chi connectivity index (χ3n) is 2.37. The van der Waals surface area contributed by atoms with Gasteiger partial charge in [0.15, 0.2) is 0 Å². The van der Waals surface area contributed by atoms with Gasteiger partial charge in [0, 0.05) is 5.56 Å². The average Bonchev–Trinajstić information content (AvgIpc) is 2.30. The quantitative estimate of drug-likeness (QED) is 0.865. The summed E-state index contributed by atoms with van der Waals surface area (Å²) >= 11 is 0. The summed E-state index contributed by atoms with van der Waals surface area (Å²) in [7, 11) is 0. The molecule has 0 heterocycles. The van der Waals surface area contributed by atoms with Crippen molar-refractivity contribution in [3.05, 3.63) is 59.7 Å². The van der Waals surface area contributed by atoms with Gasteiger partial charge in [-0.05, 0) is 29.8 Å². The number of carbonyl (C=O) groups is 1. The van der Waals surface area contributed by atoms with Gasteiger partial charge in [-0.25, -0.2) is 13.6 Å². The van der Waals surface area contributed by atoms with E-state index in [-0.39, 0.29) is 11.1 Å². The largest absolute Gasteiger partial charge is 0.478 e. The van der Waals surface area contributed by atoms with E-state index < -0.39 is 17.6 Å². The molecule has 2 rings (SSSR count). The first-order chi connectivity index (χ1) is 8.08. The summed E-state index contributed by atoms with van der Waals surface area (Å²) in [6.45, 7) is 0. The SMILES string of the molecule is O=C(O)c1ccc(-c2ccc(F)cc2)c(F)c1. The van der Waals surface area contributed by atoms with Crippen molar-refractivity contribution in [3.63, 3.8) is 0 Å². The summed E-state index contributed by atoms with van der Waals surface area (Å²) in [6.07, 6.45) is 0. The molecule has 0 aliphatic carbocycles. The normalized spacial score (nSPS) is 10.2. The molecular weight excluding hydrogens is 226 g/mol. The standard InChI is InChI=1S/C13H8F2O2/c14-10-4-1-8(2-5-10)11-6-3-9(13(16)17)7-12(11)15/h1-7H,(H,16,17). The second-order valence-corrected chi connectivity index (χ2v) is 3.51. The van der Waals surface area contributed by atoms with Gasteiger partial charge in [0.1, 0.15) is 11.6 Å². The lowest BCUT2D eigenvalue weighted by atomic mass is 10.0. The van der Waals surface area contributed by atoms with Crippen molar-refractivity contribution in [2.75, 3.05) is 0 Å². The summed E-state index contributed by atoms with van der Waals surface area (Å²) in [5, 5.41) is 8.69. The monoisotopic (exact) mass is 234 g/mol. The van der Waals surface area contributed by atoms with Crippen LogP contribution in [-0.2, 0) is 0 Å². The van der Waals surface area contributed by atoms with E-state index in [4.69, 9.17) is 5.11 Å². The first-order valence-corrected chi connectivity index (χ1v) is 4.87. The minimum Gasteiger partial charge on any atom is -0.478 e. The zero-order valence-corrected chi connectivity index (χ0v) is 8.65. The van der Waals surface area contributed by atoms with E-state index in [1.807, 2.05) is 0 Å². The Bertz CT molecular complexity index is 562. The Morgan fingerprint density at radius 3 is 2.18 bits per heavy atom. The highest BCUT2D eigenvalue weighted by Crippen LogP contribution is 2.23. The van der Waals surface area contributed by atoms with Gasteiger partial charge in [-0.3, -0.25) is 0 Å². The molecule has 4 heteroatoms. The highest BCUT2D eigenvalue weighted by atomic mass is 19.1. The number of benzene rings is 2. The van der Waals surface area contributed by atoms with Gasteiger partial charge in [-0.15, -0.1) is 0 Å². The molecule has 0 saturated heterocycles. The molecule has 1 N–H and O–H groups in total. The maximum Gasteiger partial charge on any atom is 0.335 e. The maximum absolute atomic E-state index is 13.6. The van der Waals surface area contributed by atoms with Crippen LogP contribution in [-0.4, -0.2) is 11.1 Å². The zero-order chi connectivity index (χ0) is 12.4. The predicted octanol–water partition coefficient (Wildman–Crippen LogP) is 3.33. The predicted molar refractivity (Wildman–Crippen MR) is 58.8 cm³/mol. The van der Waals surface area contributed by atoms with Crippen LogP contribution in [0.1, 0.15) is 10.4 Å². The van der Waals surface area contributed by atoms with Crippen molar-refractivity contribution in [3.8, 4) is 11.1 Å². The Kier molecular flexibility index (Phi) is 2.87. The van der Waals surface area contributed by atoms with Crippen LogP contribution >= 0.6 is 0 Å². The molecule has 0 spiro atoms. The fraction of sp³-hybridized carbons (Fsp3) is 0. The Hall–Kier alpha value is -2.23. The highest BCUT2D eigenvalue weighted by molar-refractivity contribution is 5.88.